The van der Waals surface area contributed by atoms with E-state index < -0.39 is 0 Å². The second kappa shape index (κ2) is 7.45. The van der Waals surface area contributed by atoms with Crippen molar-refractivity contribution in [3.05, 3.63) is 22.9 Å². The van der Waals surface area contributed by atoms with Crippen LogP contribution in [0.2, 0.25) is 0 Å². The van der Waals surface area contributed by atoms with Crippen LogP contribution in [0.5, 0.6) is 0 Å². The summed E-state index contributed by atoms with van der Waals surface area (Å²) < 4.78 is 5.22. The molecule has 2 aliphatic rings. The maximum Gasteiger partial charge on any atom is 0.256 e. The maximum absolute atomic E-state index is 12.1. The number of piperidine rings is 1. The highest BCUT2D eigenvalue weighted by Crippen LogP contribution is 2.24. The van der Waals surface area contributed by atoms with Crippen molar-refractivity contribution in [1.82, 2.24) is 9.88 Å². The van der Waals surface area contributed by atoms with Crippen LogP contribution >= 0.6 is 11.3 Å². The van der Waals surface area contributed by atoms with Gasteiger partial charge in [0.1, 0.15) is 0 Å². The number of hydrogen-bond donors (Lipinski definition) is 1. The van der Waals surface area contributed by atoms with Gasteiger partial charge in [0.15, 0.2) is 5.13 Å². The van der Waals surface area contributed by atoms with Crippen LogP contribution in [-0.2, 0) is 16.1 Å². The molecule has 1 saturated heterocycles. The first kappa shape index (κ1) is 16.5. The Labute approximate surface area is 141 Å². The molecule has 1 amide bonds. The van der Waals surface area contributed by atoms with Crippen molar-refractivity contribution in [1.29, 1.82) is 0 Å². The molecule has 0 radical (unpaired) electrons. The van der Waals surface area contributed by atoms with Gasteiger partial charge in [-0.3, -0.25) is 15.0 Å². The Kier molecular flexibility index (Phi) is 5.33. The van der Waals surface area contributed by atoms with Gasteiger partial charge in [-0.15, -0.1) is 11.3 Å². The van der Waals surface area contributed by atoms with Gasteiger partial charge in [-0.2, -0.15) is 0 Å². The van der Waals surface area contributed by atoms with Crippen LogP contribution in [0.15, 0.2) is 17.2 Å². The third kappa shape index (κ3) is 4.54. The lowest BCUT2D eigenvalue weighted by Crippen LogP contribution is -2.38. The zero-order chi connectivity index (χ0) is 16.2. The number of ether oxygens (including phenoxy) is 1. The summed E-state index contributed by atoms with van der Waals surface area (Å²) in [7, 11) is 0. The van der Waals surface area contributed by atoms with Gasteiger partial charge in [0, 0.05) is 25.0 Å². The lowest BCUT2D eigenvalue weighted by molar-refractivity contribution is -0.113. The molecule has 0 aliphatic carbocycles. The first-order chi connectivity index (χ1) is 11.1. The summed E-state index contributed by atoms with van der Waals surface area (Å²) in [5.74, 6) is 1.40. The number of anilines is 1. The van der Waals surface area contributed by atoms with Gasteiger partial charge in [0.05, 0.1) is 24.1 Å². The normalized spacial score (nSPS) is 25.6. The topological polar surface area (TPSA) is 54.5 Å². The fourth-order valence-electron chi connectivity index (χ4n) is 3.50. The smallest absolute Gasteiger partial charge is 0.256 e. The van der Waals surface area contributed by atoms with Crippen molar-refractivity contribution >= 4 is 22.4 Å². The van der Waals surface area contributed by atoms with Crippen molar-refractivity contribution < 1.29 is 9.53 Å². The van der Waals surface area contributed by atoms with E-state index in [9.17, 15) is 4.79 Å². The first-order valence-electron chi connectivity index (χ1n) is 8.39. The maximum atomic E-state index is 12.1. The van der Waals surface area contributed by atoms with Crippen LogP contribution in [0.25, 0.3) is 0 Å². The molecule has 0 saturated carbocycles. The molecule has 0 aromatic carbocycles. The summed E-state index contributed by atoms with van der Waals surface area (Å²) in [5, 5.41) is 5.61. The minimum absolute atomic E-state index is 0.0918. The van der Waals surface area contributed by atoms with Crippen LogP contribution in [0.3, 0.4) is 0 Å². The predicted octanol–water partition coefficient (Wildman–Crippen LogP) is 3.25. The molecule has 2 aliphatic heterocycles. The van der Waals surface area contributed by atoms with E-state index >= 15 is 0 Å². The van der Waals surface area contributed by atoms with E-state index in [1.165, 1.54) is 17.8 Å². The number of nitrogens with zero attached hydrogens (tertiary/aromatic N) is 2. The first-order valence-corrected chi connectivity index (χ1v) is 9.27. The number of amides is 1. The molecule has 23 heavy (non-hydrogen) atoms. The van der Waals surface area contributed by atoms with Crippen LogP contribution in [0.4, 0.5) is 5.13 Å². The number of carbonyl (C=O) groups is 1. The molecule has 3 rings (SSSR count). The molecule has 1 aromatic heterocycles. The molecule has 1 aromatic rings. The van der Waals surface area contributed by atoms with E-state index in [-0.39, 0.29) is 5.91 Å². The van der Waals surface area contributed by atoms with Crippen molar-refractivity contribution in [2.24, 2.45) is 11.8 Å². The van der Waals surface area contributed by atoms with Crippen molar-refractivity contribution in [3.63, 3.8) is 0 Å². The number of nitrogens with one attached hydrogen (secondary N) is 1. The van der Waals surface area contributed by atoms with Gasteiger partial charge < -0.3 is 4.74 Å². The summed E-state index contributed by atoms with van der Waals surface area (Å²) in [6.45, 7) is 8.46. The van der Waals surface area contributed by atoms with E-state index in [1.54, 1.807) is 6.26 Å². The Hall–Kier alpha value is -1.40. The number of likely N-dealkylation sites (tertiary alicyclic amines) is 1. The van der Waals surface area contributed by atoms with Crippen molar-refractivity contribution in [3.8, 4) is 0 Å². The van der Waals surface area contributed by atoms with E-state index in [1.807, 2.05) is 5.38 Å². The molecule has 0 bridgehead atoms. The Morgan fingerprint density at radius 1 is 1.43 bits per heavy atom. The van der Waals surface area contributed by atoms with Crippen molar-refractivity contribution in [2.45, 2.75) is 39.7 Å². The highest BCUT2D eigenvalue weighted by Gasteiger charge is 2.22. The average Bonchev–Trinajstić information content (AvgIpc) is 2.94. The summed E-state index contributed by atoms with van der Waals surface area (Å²) in [4.78, 5) is 19.2. The third-order valence-corrected chi connectivity index (χ3v) is 5.13. The zero-order valence-corrected chi connectivity index (χ0v) is 14.7. The molecule has 3 heterocycles. The Bertz CT molecular complexity index is 574. The van der Waals surface area contributed by atoms with E-state index in [4.69, 9.17) is 4.74 Å². The molecule has 1 N–H and O–H groups in total. The fraction of sp³-hybridized carbons (Fsp3) is 0.647. The minimum Gasteiger partial charge on any atom is -0.501 e. The molecule has 2 atom stereocenters. The van der Waals surface area contributed by atoms with Gasteiger partial charge in [0.2, 0.25) is 0 Å². The largest absolute Gasteiger partial charge is 0.501 e. The number of aromatic nitrogens is 1. The standard InChI is InChI=1S/C17H25N3O2S/c1-12-6-13(2)8-20(7-12)9-15-11-23-17(18-15)19-16(21)14-4-3-5-22-10-14/h10-13H,3-9H2,1-2H3,(H,18,19,21)/t12-,13-/m0/s1. The van der Waals surface area contributed by atoms with Gasteiger partial charge in [0.25, 0.3) is 5.91 Å². The van der Waals surface area contributed by atoms with E-state index in [0.29, 0.717) is 17.3 Å². The quantitative estimate of drug-likeness (QED) is 0.918. The molecular formula is C17H25N3O2S. The Balaban J connectivity index is 1.55. The lowest BCUT2D eigenvalue weighted by Gasteiger charge is -2.34. The summed E-state index contributed by atoms with van der Waals surface area (Å²) >= 11 is 1.49. The number of rotatable bonds is 4. The monoisotopic (exact) mass is 335 g/mol. The summed E-state index contributed by atoms with van der Waals surface area (Å²) in [5.41, 5.74) is 1.74. The van der Waals surface area contributed by atoms with Gasteiger partial charge in [-0.25, -0.2) is 4.98 Å². The molecule has 0 spiro atoms. The van der Waals surface area contributed by atoms with E-state index in [2.05, 4.69) is 29.0 Å². The average molecular weight is 335 g/mol. The highest BCUT2D eigenvalue weighted by atomic mass is 32.1. The van der Waals surface area contributed by atoms with Crippen LogP contribution in [0.1, 0.15) is 38.8 Å². The van der Waals surface area contributed by atoms with Crippen LogP contribution in [0, 0.1) is 11.8 Å². The molecule has 1 fully saturated rings. The Morgan fingerprint density at radius 3 is 2.91 bits per heavy atom. The van der Waals surface area contributed by atoms with Gasteiger partial charge in [-0.05, 0) is 31.1 Å². The van der Waals surface area contributed by atoms with Crippen LogP contribution in [-0.4, -0.2) is 35.5 Å². The van der Waals surface area contributed by atoms with Gasteiger partial charge in [-0.1, -0.05) is 13.8 Å². The molecule has 126 valence electrons. The molecule has 0 unspecified atom stereocenters. The molecule has 6 heteroatoms. The highest BCUT2D eigenvalue weighted by molar-refractivity contribution is 7.13. The summed E-state index contributed by atoms with van der Waals surface area (Å²) in [6.07, 6.45) is 4.55. The van der Waals surface area contributed by atoms with Gasteiger partial charge >= 0.3 is 0 Å². The predicted molar refractivity (Wildman–Crippen MR) is 92.2 cm³/mol. The number of thiazole rings is 1. The lowest BCUT2D eigenvalue weighted by atomic mass is 9.92. The minimum atomic E-state index is -0.0918. The molecular weight excluding hydrogens is 310 g/mol. The van der Waals surface area contributed by atoms with E-state index in [0.717, 1.165) is 50.0 Å². The SMILES string of the molecule is C[C@H]1C[C@H](C)CN(Cc2csc(NC(=O)C3=COCCC3)n2)C1. The Morgan fingerprint density at radius 2 is 2.22 bits per heavy atom. The third-order valence-electron chi connectivity index (χ3n) is 4.33. The number of hydrogen-bond acceptors (Lipinski definition) is 5. The second-order valence-electron chi connectivity index (χ2n) is 6.86. The summed E-state index contributed by atoms with van der Waals surface area (Å²) in [6, 6.07) is 0. The zero-order valence-electron chi connectivity index (χ0n) is 13.9. The van der Waals surface area contributed by atoms with Crippen LogP contribution < -0.4 is 5.32 Å². The molecule has 5 nitrogen and oxygen atoms in total. The number of carbonyl (C=O) groups excluding carboxylic acids is 1. The second-order valence-corrected chi connectivity index (χ2v) is 7.71. The van der Waals surface area contributed by atoms with Crippen molar-refractivity contribution in [2.75, 3.05) is 25.0 Å². The fourth-order valence-corrected chi connectivity index (χ4v) is 4.19.